The van der Waals surface area contributed by atoms with E-state index in [1.54, 1.807) is 0 Å². The van der Waals surface area contributed by atoms with Crippen molar-refractivity contribution in [3.63, 3.8) is 0 Å². The molecule has 0 spiro atoms. The largest absolute Gasteiger partial charge is 0.485 e. The molecule has 9 rings (SSSR count). The number of rotatable bonds is 4. The average Bonchev–Trinajstić information content (AvgIpc) is 3.49. The molecule has 0 amide bonds. The number of aromatic nitrogens is 2. The molecular weight excluding hydrogens is 548 g/mol. The molecule has 0 radical (unpaired) electrons. The molecule has 3 nitrogen and oxygen atoms in total. The van der Waals surface area contributed by atoms with Crippen molar-refractivity contribution < 1.29 is 4.74 Å². The van der Waals surface area contributed by atoms with E-state index in [9.17, 15) is 0 Å². The number of hydrogen-bond donors (Lipinski definition) is 0. The van der Waals surface area contributed by atoms with Gasteiger partial charge in [0.15, 0.2) is 0 Å². The first-order valence-corrected chi connectivity index (χ1v) is 15.4. The summed E-state index contributed by atoms with van der Waals surface area (Å²) in [4.78, 5) is 9.55. The minimum Gasteiger partial charge on any atom is -0.485 e. The van der Waals surface area contributed by atoms with Gasteiger partial charge in [0.1, 0.15) is 11.9 Å². The van der Waals surface area contributed by atoms with E-state index in [0.29, 0.717) is 5.92 Å². The van der Waals surface area contributed by atoms with Crippen LogP contribution in [0.15, 0.2) is 158 Å². The van der Waals surface area contributed by atoms with E-state index in [1.807, 2.05) is 24.5 Å². The molecule has 5 aromatic carbocycles. The Morgan fingerprint density at radius 2 is 1.02 bits per heavy atom. The van der Waals surface area contributed by atoms with Gasteiger partial charge in [-0.2, -0.15) is 0 Å². The fourth-order valence-corrected chi connectivity index (χ4v) is 6.85. The van der Waals surface area contributed by atoms with E-state index < -0.39 is 0 Å². The molecule has 2 unspecified atom stereocenters. The Balaban J connectivity index is 1.15. The summed E-state index contributed by atoms with van der Waals surface area (Å²) in [5.74, 6) is 1.28. The predicted molar refractivity (Wildman–Crippen MR) is 184 cm³/mol. The lowest BCUT2D eigenvalue weighted by molar-refractivity contribution is 0.269. The molecule has 0 bridgehead atoms. The van der Waals surface area contributed by atoms with E-state index in [1.165, 1.54) is 11.1 Å². The highest BCUT2D eigenvalue weighted by atomic mass is 16.5. The van der Waals surface area contributed by atoms with Crippen LogP contribution in [0, 0.1) is 0 Å². The summed E-state index contributed by atoms with van der Waals surface area (Å²) in [5, 5.41) is 2.26. The molecule has 2 aromatic heterocycles. The zero-order chi connectivity index (χ0) is 29.7. The Kier molecular flexibility index (Phi) is 5.95. The first kappa shape index (κ1) is 25.7. The number of fused-ring (bicyclic) bond motifs is 5. The van der Waals surface area contributed by atoms with Gasteiger partial charge < -0.3 is 4.74 Å². The second-order valence-electron chi connectivity index (χ2n) is 11.8. The molecular formula is C42H28N2O. The van der Waals surface area contributed by atoms with Crippen molar-refractivity contribution >= 4 is 21.8 Å². The fourth-order valence-electron chi connectivity index (χ4n) is 6.85. The number of hydrogen-bond acceptors (Lipinski definition) is 3. The minimum atomic E-state index is 0.0953. The zero-order valence-electron chi connectivity index (χ0n) is 24.5. The van der Waals surface area contributed by atoms with Crippen LogP contribution in [0.3, 0.4) is 0 Å². The van der Waals surface area contributed by atoms with E-state index in [-0.39, 0.29) is 6.10 Å². The van der Waals surface area contributed by atoms with E-state index >= 15 is 0 Å². The van der Waals surface area contributed by atoms with Crippen LogP contribution < -0.4 is 4.74 Å². The number of pyridine rings is 2. The van der Waals surface area contributed by atoms with Crippen molar-refractivity contribution in [3.8, 4) is 50.3 Å². The Hall–Kier alpha value is -5.80. The first-order valence-electron chi connectivity index (χ1n) is 15.4. The number of nitrogens with zero attached hydrogens (tertiary/aromatic N) is 2. The molecule has 2 aliphatic rings. The lowest BCUT2D eigenvalue weighted by Gasteiger charge is -2.14. The van der Waals surface area contributed by atoms with E-state index in [0.717, 1.165) is 66.5 Å². The molecule has 0 fully saturated rings. The molecule has 0 saturated carbocycles. The summed E-state index contributed by atoms with van der Waals surface area (Å²) < 4.78 is 6.29. The normalized spacial score (nSPS) is 16.4. The number of benzene rings is 5. The third kappa shape index (κ3) is 4.44. The summed E-state index contributed by atoms with van der Waals surface area (Å²) in [6.07, 6.45) is 12.4. The third-order valence-electron chi connectivity index (χ3n) is 9.09. The van der Waals surface area contributed by atoms with Crippen molar-refractivity contribution in [3.05, 3.63) is 164 Å². The number of ether oxygens (including phenoxy) is 1. The quantitative estimate of drug-likeness (QED) is 0.209. The lowest BCUT2D eigenvalue weighted by Crippen LogP contribution is -2.15. The van der Waals surface area contributed by atoms with Crippen LogP contribution in [0.2, 0.25) is 0 Å². The average molecular weight is 577 g/mol. The second-order valence-corrected chi connectivity index (χ2v) is 11.8. The predicted octanol–water partition coefficient (Wildman–Crippen LogP) is 10.4. The van der Waals surface area contributed by atoms with Gasteiger partial charge in [0.05, 0.1) is 11.0 Å². The molecule has 1 aliphatic heterocycles. The maximum absolute atomic E-state index is 6.29. The van der Waals surface area contributed by atoms with Gasteiger partial charge in [-0.15, -0.1) is 0 Å². The minimum absolute atomic E-state index is 0.0953. The maximum Gasteiger partial charge on any atom is 0.128 e. The van der Waals surface area contributed by atoms with Crippen LogP contribution in [0.4, 0.5) is 0 Å². The fraction of sp³-hybridized carbons (Fsp3) is 0.0476. The highest BCUT2D eigenvalue weighted by molar-refractivity contribution is 5.98. The Morgan fingerprint density at radius 3 is 1.69 bits per heavy atom. The highest BCUT2D eigenvalue weighted by Gasteiger charge is 2.32. The Morgan fingerprint density at radius 1 is 0.467 bits per heavy atom. The van der Waals surface area contributed by atoms with Crippen LogP contribution in [-0.2, 0) is 0 Å². The van der Waals surface area contributed by atoms with Crippen molar-refractivity contribution in [1.29, 1.82) is 0 Å². The van der Waals surface area contributed by atoms with Gasteiger partial charge in [-0.25, -0.2) is 0 Å². The monoisotopic (exact) mass is 576 g/mol. The summed E-state index contributed by atoms with van der Waals surface area (Å²) in [6, 6.07) is 43.4. The lowest BCUT2D eigenvalue weighted by atomic mass is 9.90. The van der Waals surface area contributed by atoms with Crippen LogP contribution in [0.25, 0.3) is 66.3 Å². The van der Waals surface area contributed by atoms with Crippen molar-refractivity contribution in [2.75, 3.05) is 0 Å². The maximum atomic E-state index is 6.29. The van der Waals surface area contributed by atoms with Crippen LogP contribution >= 0.6 is 0 Å². The van der Waals surface area contributed by atoms with E-state index in [2.05, 4.69) is 133 Å². The molecule has 1 aliphatic carbocycles. The van der Waals surface area contributed by atoms with Gasteiger partial charge in [-0.1, -0.05) is 103 Å². The molecule has 212 valence electrons. The first-order chi connectivity index (χ1) is 22.3. The summed E-state index contributed by atoms with van der Waals surface area (Å²) in [7, 11) is 0. The van der Waals surface area contributed by atoms with Crippen LogP contribution in [0.1, 0.15) is 11.5 Å². The van der Waals surface area contributed by atoms with Crippen LogP contribution in [-0.4, -0.2) is 16.1 Å². The van der Waals surface area contributed by atoms with E-state index in [4.69, 9.17) is 14.7 Å². The molecule has 2 atom stereocenters. The summed E-state index contributed by atoms with van der Waals surface area (Å²) >= 11 is 0. The van der Waals surface area contributed by atoms with Gasteiger partial charge in [-0.3, -0.25) is 9.97 Å². The Labute approximate surface area is 261 Å². The topological polar surface area (TPSA) is 35.0 Å². The van der Waals surface area contributed by atoms with Crippen LogP contribution in [0.5, 0.6) is 5.75 Å². The second kappa shape index (κ2) is 10.4. The van der Waals surface area contributed by atoms with Gasteiger partial charge in [0, 0.05) is 45.8 Å². The standard InChI is InChI=1S/C42H28N2O/c1-2-14-39-37(11-1)38-20-19-31(26-40(38)45-39)27-15-17-28(18-16-27)32-23-33(35-12-3-7-29-9-5-21-43-41(29)35)25-34(24-32)36-13-4-8-30-10-6-22-44-42(30)36/h1-26,37,39H. The Bertz CT molecular complexity index is 2210. The molecule has 3 heteroatoms. The molecule has 0 N–H and O–H groups in total. The zero-order valence-corrected chi connectivity index (χ0v) is 24.5. The van der Waals surface area contributed by atoms with Crippen molar-refractivity contribution in [2.24, 2.45) is 0 Å². The highest BCUT2D eigenvalue weighted by Crippen LogP contribution is 2.43. The molecule has 7 aromatic rings. The molecule has 45 heavy (non-hydrogen) atoms. The molecule has 3 heterocycles. The smallest absolute Gasteiger partial charge is 0.128 e. The molecule has 0 saturated heterocycles. The third-order valence-corrected chi connectivity index (χ3v) is 9.09. The number of allylic oxidation sites excluding steroid dienone is 2. The van der Waals surface area contributed by atoms with Crippen molar-refractivity contribution in [1.82, 2.24) is 9.97 Å². The van der Waals surface area contributed by atoms with Gasteiger partial charge in [0.2, 0.25) is 0 Å². The van der Waals surface area contributed by atoms with Gasteiger partial charge >= 0.3 is 0 Å². The summed E-state index contributed by atoms with van der Waals surface area (Å²) in [5.41, 5.74) is 12.4. The number of para-hydroxylation sites is 2. The van der Waals surface area contributed by atoms with Crippen molar-refractivity contribution in [2.45, 2.75) is 12.0 Å². The SMILES string of the molecule is C1=CC2Oc3cc(-c4ccc(-c5cc(-c6cccc7cccnc67)cc(-c6cccc7cccnc67)c5)cc4)ccc3C2C=C1. The van der Waals surface area contributed by atoms with Gasteiger partial charge in [-0.05, 0) is 75.9 Å². The summed E-state index contributed by atoms with van der Waals surface area (Å²) in [6.45, 7) is 0. The van der Waals surface area contributed by atoms with Gasteiger partial charge in [0.25, 0.3) is 0 Å².